The number of rotatable bonds is 4. The lowest BCUT2D eigenvalue weighted by atomic mass is 9.82. The molecule has 0 bridgehead atoms. The van der Waals surface area contributed by atoms with Crippen molar-refractivity contribution in [1.82, 2.24) is 5.32 Å². The maximum absolute atomic E-state index is 12.2. The minimum Gasteiger partial charge on any atom is -0.352 e. The van der Waals surface area contributed by atoms with E-state index in [4.69, 9.17) is 5.73 Å². The molecule has 1 aliphatic carbocycles. The first-order chi connectivity index (χ1) is 9.56. The third-order valence-electron chi connectivity index (χ3n) is 4.28. The van der Waals surface area contributed by atoms with Gasteiger partial charge >= 0.3 is 0 Å². The third-order valence-corrected chi connectivity index (χ3v) is 4.28. The lowest BCUT2D eigenvalue weighted by molar-refractivity contribution is -0.126. The Kier molecular flexibility index (Phi) is 5.18. The van der Waals surface area contributed by atoms with Crippen molar-refractivity contribution in [2.75, 3.05) is 0 Å². The largest absolute Gasteiger partial charge is 0.352 e. The van der Waals surface area contributed by atoms with E-state index in [-0.39, 0.29) is 17.9 Å². The second kappa shape index (κ2) is 6.89. The van der Waals surface area contributed by atoms with E-state index < -0.39 is 0 Å². The Morgan fingerprint density at radius 3 is 2.65 bits per heavy atom. The predicted molar refractivity (Wildman–Crippen MR) is 82.0 cm³/mol. The Labute approximate surface area is 121 Å². The number of nitrogens with one attached hydrogen (secondary N) is 1. The Morgan fingerprint density at radius 1 is 1.35 bits per heavy atom. The second-order valence-corrected chi connectivity index (χ2v) is 6.22. The van der Waals surface area contributed by atoms with Crippen molar-refractivity contribution in [3.63, 3.8) is 0 Å². The zero-order valence-corrected chi connectivity index (χ0v) is 12.6. The quantitative estimate of drug-likeness (QED) is 0.886. The maximum atomic E-state index is 12.2. The predicted octanol–water partition coefficient (Wildman–Crippen LogP) is 3.15. The summed E-state index contributed by atoms with van der Waals surface area (Å²) in [6.07, 6.45) is 4.53. The highest BCUT2D eigenvalue weighted by Crippen LogP contribution is 2.28. The Balaban J connectivity index is 1.83. The zero-order valence-electron chi connectivity index (χ0n) is 12.6. The molecule has 2 rings (SSSR count). The molecule has 3 heteroatoms. The normalized spacial score (nSPS) is 24.1. The third kappa shape index (κ3) is 4.07. The van der Waals surface area contributed by atoms with Crippen LogP contribution >= 0.6 is 0 Å². The molecule has 1 saturated carbocycles. The highest BCUT2D eigenvalue weighted by molar-refractivity contribution is 5.78. The van der Waals surface area contributed by atoms with E-state index in [1.807, 2.05) is 31.2 Å². The van der Waals surface area contributed by atoms with Crippen LogP contribution in [-0.4, -0.2) is 5.91 Å². The molecule has 110 valence electrons. The summed E-state index contributed by atoms with van der Waals surface area (Å²) >= 11 is 0. The number of hydrogen-bond acceptors (Lipinski definition) is 2. The fourth-order valence-electron chi connectivity index (χ4n) is 2.94. The molecule has 3 atom stereocenters. The van der Waals surface area contributed by atoms with Gasteiger partial charge in [-0.05, 0) is 36.8 Å². The zero-order chi connectivity index (χ0) is 14.5. The number of benzene rings is 1. The summed E-state index contributed by atoms with van der Waals surface area (Å²) in [4.78, 5) is 12.2. The van der Waals surface area contributed by atoms with Gasteiger partial charge in [0.1, 0.15) is 0 Å². The van der Waals surface area contributed by atoms with Crippen LogP contribution in [0, 0.1) is 11.8 Å². The van der Waals surface area contributed by atoms with Crippen LogP contribution < -0.4 is 11.1 Å². The molecule has 1 amide bonds. The van der Waals surface area contributed by atoms with Crippen LogP contribution in [0.15, 0.2) is 24.3 Å². The molecule has 0 spiro atoms. The van der Waals surface area contributed by atoms with Gasteiger partial charge in [-0.1, -0.05) is 44.0 Å². The summed E-state index contributed by atoms with van der Waals surface area (Å²) in [6, 6.07) is 8.22. The SMILES string of the molecule is CC1CCCC(C(=O)NCc2ccc(C(C)N)cc2)C1. The van der Waals surface area contributed by atoms with Crippen LogP contribution in [0.1, 0.15) is 56.7 Å². The molecule has 0 saturated heterocycles. The molecule has 1 fully saturated rings. The first-order valence-corrected chi connectivity index (χ1v) is 7.68. The monoisotopic (exact) mass is 274 g/mol. The van der Waals surface area contributed by atoms with E-state index in [1.54, 1.807) is 0 Å². The molecule has 3 N–H and O–H groups in total. The van der Waals surface area contributed by atoms with Crippen molar-refractivity contribution in [2.45, 2.75) is 52.1 Å². The Hall–Kier alpha value is -1.35. The fourth-order valence-corrected chi connectivity index (χ4v) is 2.94. The van der Waals surface area contributed by atoms with E-state index in [1.165, 1.54) is 12.8 Å². The second-order valence-electron chi connectivity index (χ2n) is 6.22. The lowest BCUT2D eigenvalue weighted by Crippen LogP contribution is -2.33. The molecule has 0 aromatic heterocycles. The minimum atomic E-state index is 0.0577. The number of carbonyl (C=O) groups is 1. The Bertz CT molecular complexity index is 439. The molecule has 1 aromatic carbocycles. The molecule has 1 aromatic rings. The summed E-state index contributed by atoms with van der Waals surface area (Å²) < 4.78 is 0. The Morgan fingerprint density at radius 2 is 2.05 bits per heavy atom. The molecule has 1 aliphatic rings. The number of amides is 1. The lowest BCUT2D eigenvalue weighted by Gasteiger charge is -2.25. The molecular weight excluding hydrogens is 248 g/mol. The summed E-state index contributed by atoms with van der Waals surface area (Å²) in [6.45, 7) is 4.83. The van der Waals surface area contributed by atoms with Crippen molar-refractivity contribution in [2.24, 2.45) is 17.6 Å². The van der Waals surface area contributed by atoms with E-state index >= 15 is 0 Å². The van der Waals surface area contributed by atoms with Gasteiger partial charge in [0.15, 0.2) is 0 Å². The molecule has 0 radical (unpaired) electrons. The molecular formula is C17H26N2O. The van der Waals surface area contributed by atoms with Crippen molar-refractivity contribution >= 4 is 5.91 Å². The van der Waals surface area contributed by atoms with Gasteiger partial charge in [-0.15, -0.1) is 0 Å². The van der Waals surface area contributed by atoms with Gasteiger partial charge < -0.3 is 11.1 Å². The van der Waals surface area contributed by atoms with Crippen LogP contribution in [0.5, 0.6) is 0 Å². The molecule has 3 nitrogen and oxygen atoms in total. The van der Waals surface area contributed by atoms with Crippen molar-refractivity contribution in [1.29, 1.82) is 0 Å². The first kappa shape index (κ1) is 15.0. The van der Waals surface area contributed by atoms with E-state index in [0.29, 0.717) is 12.5 Å². The van der Waals surface area contributed by atoms with Gasteiger partial charge in [0.05, 0.1) is 0 Å². The first-order valence-electron chi connectivity index (χ1n) is 7.68. The average Bonchev–Trinajstić information content (AvgIpc) is 2.45. The van der Waals surface area contributed by atoms with Crippen molar-refractivity contribution in [3.8, 4) is 0 Å². The number of nitrogens with two attached hydrogens (primary N) is 1. The average molecular weight is 274 g/mol. The van der Waals surface area contributed by atoms with Crippen LogP contribution in [0.4, 0.5) is 0 Å². The van der Waals surface area contributed by atoms with Crippen LogP contribution in [-0.2, 0) is 11.3 Å². The minimum absolute atomic E-state index is 0.0577. The van der Waals surface area contributed by atoms with Crippen molar-refractivity contribution in [3.05, 3.63) is 35.4 Å². The van der Waals surface area contributed by atoms with E-state index in [9.17, 15) is 4.79 Å². The molecule has 3 unspecified atom stereocenters. The number of hydrogen-bond donors (Lipinski definition) is 2. The highest BCUT2D eigenvalue weighted by Gasteiger charge is 2.24. The summed E-state index contributed by atoms with van der Waals surface area (Å²) in [5.74, 6) is 1.11. The van der Waals surface area contributed by atoms with Crippen LogP contribution in [0.3, 0.4) is 0 Å². The summed E-state index contributed by atoms with van der Waals surface area (Å²) in [7, 11) is 0. The molecule has 0 heterocycles. The van der Waals surface area contributed by atoms with Gasteiger partial charge in [-0.3, -0.25) is 4.79 Å². The molecule has 20 heavy (non-hydrogen) atoms. The summed E-state index contributed by atoms with van der Waals surface area (Å²) in [5, 5.41) is 3.07. The van der Waals surface area contributed by atoms with Gasteiger partial charge in [0.2, 0.25) is 5.91 Å². The van der Waals surface area contributed by atoms with Crippen LogP contribution in [0.25, 0.3) is 0 Å². The van der Waals surface area contributed by atoms with Gasteiger partial charge in [-0.2, -0.15) is 0 Å². The standard InChI is InChI=1S/C17H26N2O/c1-12-4-3-5-16(10-12)17(20)19-11-14-6-8-15(9-7-14)13(2)18/h6-9,12-13,16H,3-5,10-11,18H2,1-2H3,(H,19,20). The molecule has 0 aliphatic heterocycles. The van der Waals surface area contributed by atoms with Gasteiger partial charge in [-0.25, -0.2) is 0 Å². The van der Waals surface area contributed by atoms with Crippen LogP contribution in [0.2, 0.25) is 0 Å². The van der Waals surface area contributed by atoms with E-state index in [2.05, 4.69) is 12.2 Å². The fraction of sp³-hybridized carbons (Fsp3) is 0.588. The smallest absolute Gasteiger partial charge is 0.223 e. The summed E-state index contributed by atoms with van der Waals surface area (Å²) in [5.41, 5.74) is 8.08. The van der Waals surface area contributed by atoms with E-state index in [0.717, 1.165) is 24.0 Å². The topological polar surface area (TPSA) is 55.1 Å². The van der Waals surface area contributed by atoms with Crippen molar-refractivity contribution < 1.29 is 4.79 Å². The van der Waals surface area contributed by atoms with Gasteiger partial charge in [0.25, 0.3) is 0 Å². The number of carbonyl (C=O) groups excluding carboxylic acids is 1. The highest BCUT2D eigenvalue weighted by atomic mass is 16.1. The van der Waals surface area contributed by atoms with Gasteiger partial charge in [0, 0.05) is 18.5 Å². The maximum Gasteiger partial charge on any atom is 0.223 e.